The number of aliphatic hydroxyl groups is 2. The van der Waals surface area contributed by atoms with Gasteiger partial charge in [0.1, 0.15) is 0 Å². The second kappa shape index (κ2) is 10.9. The lowest BCUT2D eigenvalue weighted by atomic mass is 9.92. The van der Waals surface area contributed by atoms with E-state index in [1.807, 2.05) is 32.1 Å². The maximum Gasteiger partial charge on any atom is 0.191 e. The second-order valence-corrected chi connectivity index (χ2v) is 22.2. The molecule has 5 heteroatoms. The molecule has 4 atom stereocenters. The van der Waals surface area contributed by atoms with E-state index in [9.17, 15) is 10.2 Å². The summed E-state index contributed by atoms with van der Waals surface area (Å²) < 4.78 is 6.25. The van der Waals surface area contributed by atoms with Crippen molar-refractivity contribution in [3.8, 4) is 0 Å². The van der Waals surface area contributed by atoms with Gasteiger partial charge in [0.2, 0.25) is 0 Å². The highest BCUT2D eigenvalue weighted by Gasteiger charge is 2.43. The van der Waals surface area contributed by atoms with Crippen molar-refractivity contribution in [3.63, 3.8) is 0 Å². The SMILES string of the molecule is C=CC(C)(C(O)/C(C)=C\[C@H](C)[C@H](O)/C=C(\C)CCO[Si](C)(C)C(C)(C)C)[Si](C)(C)C. The van der Waals surface area contributed by atoms with Crippen molar-refractivity contribution in [2.75, 3.05) is 6.61 Å². The summed E-state index contributed by atoms with van der Waals surface area (Å²) in [4.78, 5) is 0. The van der Waals surface area contributed by atoms with Crippen LogP contribution in [-0.4, -0.2) is 45.4 Å². The summed E-state index contributed by atoms with van der Waals surface area (Å²) in [6.45, 7) is 30.8. The highest BCUT2D eigenvalue weighted by atomic mass is 28.4. The van der Waals surface area contributed by atoms with E-state index in [2.05, 4.69) is 73.9 Å². The molecule has 0 saturated heterocycles. The molecule has 3 nitrogen and oxygen atoms in total. The lowest BCUT2D eigenvalue weighted by Gasteiger charge is -2.42. The van der Waals surface area contributed by atoms with Crippen molar-refractivity contribution >= 4 is 16.4 Å². The van der Waals surface area contributed by atoms with Crippen LogP contribution in [0.4, 0.5) is 0 Å². The van der Waals surface area contributed by atoms with Gasteiger partial charge in [-0.1, -0.05) is 78.1 Å². The van der Waals surface area contributed by atoms with Crippen LogP contribution in [0.25, 0.3) is 0 Å². The van der Waals surface area contributed by atoms with Gasteiger partial charge in [-0.15, -0.1) is 6.58 Å². The van der Waals surface area contributed by atoms with Crippen molar-refractivity contribution in [1.29, 1.82) is 0 Å². The molecule has 0 saturated carbocycles. The van der Waals surface area contributed by atoms with Gasteiger partial charge in [-0.05, 0) is 44.0 Å². The zero-order valence-corrected chi connectivity index (χ0v) is 23.9. The molecular weight excluding hydrogens is 404 g/mol. The van der Waals surface area contributed by atoms with E-state index < -0.39 is 28.6 Å². The molecule has 2 unspecified atom stereocenters. The van der Waals surface area contributed by atoms with E-state index in [1.54, 1.807) is 0 Å². The average Bonchev–Trinajstić information content (AvgIpc) is 2.57. The first-order chi connectivity index (χ1) is 13.3. The van der Waals surface area contributed by atoms with Gasteiger partial charge < -0.3 is 14.6 Å². The van der Waals surface area contributed by atoms with Crippen LogP contribution < -0.4 is 0 Å². The summed E-state index contributed by atoms with van der Waals surface area (Å²) in [7, 11) is -3.42. The molecule has 0 aliphatic rings. The lowest BCUT2D eigenvalue weighted by molar-refractivity contribution is 0.167. The van der Waals surface area contributed by atoms with E-state index in [0.717, 1.165) is 17.6 Å². The Kier molecular flexibility index (Phi) is 10.7. The fraction of sp³-hybridized carbons (Fsp3) is 0.760. The summed E-state index contributed by atoms with van der Waals surface area (Å²) in [6, 6.07) is 0. The average molecular weight is 455 g/mol. The molecule has 0 aliphatic heterocycles. The quantitative estimate of drug-likeness (QED) is 0.263. The molecule has 0 spiro atoms. The van der Waals surface area contributed by atoms with Crippen LogP contribution in [0.3, 0.4) is 0 Å². The Balaban J connectivity index is 5.11. The molecule has 0 amide bonds. The Bertz CT molecular complexity index is 623. The smallest absolute Gasteiger partial charge is 0.191 e. The molecule has 0 aromatic carbocycles. The van der Waals surface area contributed by atoms with E-state index in [-0.39, 0.29) is 16.0 Å². The van der Waals surface area contributed by atoms with Gasteiger partial charge in [-0.3, -0.25) is 0 Å². The van der Waals surface area contributed by atoms with Gasteiger partial charge in [-0.25, -0.2) is 0 Å². The predicted molar refractivity (Wildman–Crippen MR) is 138 cm³/mol. The number of aliphatic hydroxyl groups excluding tert-OH is 2. The molecule has 0 aliphatic carbocycles. The van der Waals surface area contributed by atoms with Crippen LogP contribution in [0.1, 0.15) is 54.9 Å². The van der Waals surface area contributed by atoms with E-state index in [0.29, 0.717) is 6.61 Å². The highest BCUT2D eigenvalue weighted by Crippen LogP contribution is 2.45. The van der Waals surface area contributed by atoms with E-state index >= 15 is 0 Å². The summed E-state index contributed by atoms with van der Waals surface area (Å²) in [5.41, 5.74) is 2.04. The maximum atomic E-state index is 11.0. The predicted octanol–water partition coefficient (Wildman–Crippen LogP) is 6.93. The van der Waals surface area contributed by atoms with Crippen molar-refractivity contribution < 1.29 is 14.6 Å². The van der Waals surface area contributed by atoms with Gasteiger partial charge in [0, 0.05) is 17.6 Å². The highest BCUT2D eigenvalue weighted by molar-refractivity contribution is 6.79. The largest absolute Gasteiger partial charge is 0.417 e. The van der Waals surface area contributed by atoms with Gasteiger partial charge in [0.05, 0.1) is 20.3 Å². The first kappa shape index (κ1) is 29.5. The zero-order valence-electron chi connectivity index (χ0n) is 21.9. The number of hydrogen-bond donors (Lipinski definition) is 2. The van der Waals surface area contributed by atoms with Crippen LogP contribution in [0.5, 0.6) is 0 Å². The summed E-state index contributed by atoms with van der Waals surface area (Å²) in [5.74, 6) is -0.0772. The third kappa shape index (κ3) is 7.90. The maximum absolute atomic E-state index is 11.0. The monoisotopic (exact) mass is 454 g/mol. The number of hydrogen-bond acceptors (Lipinski definition) is 3. The Labute approximate surface area is 189 Å². The first-order valence-electron chi connectivity index (χ1n) is 11.3. The molecule has 0 bridgehead atoms. The molecule has 176 valence electrons. The van der Waals surface area contributed by atoms with Crippen molar-refractivity contribution in [3.05, 3.63) is 36.0 Å². The van der Waals surface area contributed by atoms with Gasteiger partial charge in [0.15, 0.2) is 8.32 Å². The summed E-state index contributed by atoms with van der Waals surface area (Å²) >= 11 is 0. The topological polar surface area (TPSA) is 49.7 Å². The fourth-order valence-electron chi connectivity index (χ4n) is 3.12. The lowest BCUT2D eigenvalue weighted by Crippen LogP contribution is -2.44. The van der Waals surface area contributed by atoms with Crippen LogP contribution in [0.2, 0.25) is 42.8 Å². The minimum atomic E-state index is -1.74. The molecule has 0 rings (SSSR count). The van der Waals surface area contributed by atoms with E-state index in [1.165, 1.54) is 0 Å². The molecular formula is C25H50O3Si2. The Hall–Kier alpha value is -0.466. The van der Waals surface area contributed by atoms with Crippen LogP contribution in [0.15, 0.2) is 36.0 Å². The first-order valence-corrected chi connectivity index (χ1v) is 17.7. The van der Waals surface area contributed by atoms with Crippen LogP contribution in [-0.2, 0) is 4.43 Å². The van der Waals surface area contributed by atoms with Crippen molar-refractivity contribution in [2.24, 2.45) is 5.92 Å². The standard InChI is InChI=1S/C25H50O3Si2/c1-14-25(8,29(9,10)11)23(27)21(4)18-20(3)22(26)17-19(2)15-16-28-30(12,13)24(5,6)7/h14,17-18,20,22-23,26-27H,1,15-16H2,2-13H3/b19-17+,21-18-/t20-,22+,23?,25?/m0/s1. The van der Waals surface area contributed by atoms with Gasteiger partial charge in [0.25, 0.3) is 0 Å². The van der Waals surface area contributed by atoms with Crippen molar-refractivity contribution in [2.45, 2.75) is 110 Å². The number of rotatable bonds is 11. The summed E-state index contributed by atoms with van der Waals surface area (Å²) in [5, 5.41) is 21.6. The Morgan fingerprint density at radius 3 is 1.90 bits per heavy atom. The molecule has 30 heavy (non-hydrogen) atoms. The van der Waals surface area contributed by atoms with E-state index in [4.69, 9.17) is 4.43 Å². The zero-order chi connectivity index (χ0) is 24.1. The summed E-state index contributed by atoms with van der Waals surface area (Å²) in [6.07, 6.45) is 5.51. The molecule has 0 radical (unpaired) electrons. The minimum Gasteiger partial charge on any atom is -0.417 e. The Morgan fingerprint density at radius 2 is 1.50 bits per heavy atom. The molecule has 0 fully saturated rings. The van der Waals surface area contributed by atoms with Crippen LogP contribution in [0, 0.1) is 5.92 Å². The molecule has 0 aromatic rings. The second-order valence-electron chi connectivity index (χ2n) is 11.8. The Morgan fingerprint density at radius 1 is 1.00 bits per heavy atom. The minimum absolute atomic E-state index is 0.0772. The third-order valence-corrected chi connectivity index (χ3v) is 15.6. The van der Waals surface area contributed by atoms with Crippen LogP contribution >= 0.6 is 0 Å². The third-order valence-electron chi connectivity index (χ3n) is 7.32. The van der Waals surface area contributed by atoms with Crippen molar-refractivity contribution in [1.82, 2.24) is 0 Å². The molecule has 2 N–H and O–H groups in total. The molecule has 0 heterocycles. The normalized spacial score (nSPS) is 19.8. The fourth-order valence-corrected chi connectivity index (χ4v) is 5.82. The van der Waals surface area contributed by atoms with Gasteiger partial charge in [-0.2, -0.15) is 0 Å². The molecule has 0 aromatic heterocycles. The van der Waals surface area contributed by atoms with Gasteiger partial charge >= 0.3 is 0 Å².